The molecule has 0 atom stereocenters. The van der Waals surface area contributed by atoms with E-state index in [1.54, 1.807) is 17.5 Å². The Balaban J connectivity index is 1.88. The van der Waals surface area contributed by atoms with Gasteiger partial charge in [0.15, 0.2) is 0 Å². The lowest BCUT2D eigenvalue weighted by Crippen LogP contribution is -2.09. The Labute approximate surface area is 150 Å². The van der Waals surface area contributed by atoms with Crippen LogP contribution in [0.15, 0.2) is 42.2 Å². The topological polar surface area (TPSA) is 39.8 Å². The summed E-state index contributed by atoms with van der Waals surface area (Å²) < 4.78 is 4.33. The van der Waals surface area contributed by atoms with Gasteiger partial charge in [0.05, 0.1) is 16.8 Å². The van der Waals surface area contributed by atoms with Crippen molar-refractivity contribution in [1.29, 1.82) is 0 Å². The molecule has 0 aliphatic carbocycles. The fourth-order valence-electron chi connectivity index (χ4n) is 3.49. The molecule has 0 N–H and O–H groups in total. The number of nitrogens with zero attached hydrogens (tertiary/aromatic N) is 3. The van der Waals surface area contributed by atoms with Crippen molar-refractivity contribution in [2.45, 2.75) is 39.8 Å². The van der Waals surface area contributed by atoms with Crippen molar-refractivity contribution in [3.05, 3.63) is 53.4 Å². The van der Waals surface area contributed by atoms with Crippen LogP contribution in [0.5, 0.6) is 0 Å². The van der Waals surface area contributed by atoms with Gasteiger partial charge in [0.1, 0.15) is 4.83 Å². The third-order valence-electron chi connectivity index (χ3n) is 4.57. The summed E-state index contributed by atoms with van der Waals surface area (Å²) in [6, 6.07) is 6.11. The molecule has 0 saturated heterocycles. The Bertz CT molecular complexity index is 1050. The SMILES string of the molecule is CCCn1cc(C(=O)c2cc3ccsc3n2CCC)c2cnccc21. The zero-order chi connectivity index (χ0) is 17.4. The Hall–Kier alpha value is -2.40. The van der Waals surface area contributed by atoms with E-state index in [2.05, 4.69) is 39.4 Å². The molecule has 0 unspecified atom stereocenters. The van der Waals surface area contributed by atoms with E-state index in [0.717, 1.165) is 53.5 Å². The summed E-state index contributed by atoms with van der Waals surface area (Å²) in [5.41, 5.74) is 2.61. The molecule has 0 aliphatic heterocycles. The van der Waals surface area contributed by atoms with Gasteiger partial charge in [0, 0.05) is 42.5 Å². The van der Waals surface area contributed by atoms with Gasteiger partial charge in [-0.05, 0) is 36.4 Å². The first-order chi connectivity index (χ1) is 12.2. The summed E-state index contributed by atoms with van der Waals surface area (Å²) in [6.07, 6.45) is 7.63. The lowest BCUT2D eigenvalue weighted by molar-refractivity contribution is 0.103. The van der Waals surface area contributed by atoms with Crippen LogP contribution in [-0.4, -0.2) is 19.9 Å². The predicted molar refractivity (Wildman–Crippen MR) is 104 cm³/mol. The quantitative estimate of drug-likeness (QED) is 0.453. The fourth-order valence-corrected chi connectivity index (χ4v) is 4.42. The van der Waals surface area contributed by atoms with E-state index in [1.165, 1.54) is 4.83 Å². The van der Waals surface area contributed by atoms with Gasteiger partial charge in [-0.25, -0.2) is 0 Å². The second-order valence-electron chi connectivity index (χ2n) is 6.32. The van der Waals surface area contributed by atoms with Crippen molar-refractivity contribution < 1.29 is 4.79 Å². The molecule has 0 saturated carbocycles. The van der Waals surface area contributed by atoms with Crippen molar-refractivity contribution in [2.24, 2.45) is 0 Å². The number of rotatable bonds is 6. The molecule has 0 aliphatic rings. The highest BCUT2D eigenvalue weighted by molar-refractivity contribution is 7.16. The average molecular weight is 351 g/mol. The van der Waals surface area contributed by atoms with Crippen LogP contribution in [0.3, 0.4) is 0 Å². The number of aromatic nitrogens is 3. The minimum absolute atomic E-state index is 0.0877. The highest BCUT2D eigenvalue weighted by Gasteiger charge is 2.21. The molecule has 4 aromatic rings. The first-order valence-corrected chi connectivity index (χ1v) is 9.66. The van der Waals surface area contributed by atoms with Crippen molar-refractivity contribution >= 4 is 38.2 Å². The number of fused-ring (bicyclic) bond motifs is 2. The number of ketones is 1. The Morgan fingerprint density at radius 3 is 2.84 bits per heavy atom. The molecule has 4 nitrogen and oxygen atoms in total. The Morgan fingerprint density at radius 2 is 2.04 bits per heavy atom. The van der Waals surface area contributed by atoms with Crippen LogP contribution < -0.4 is 0 Å². The Kier molecular flexibility index (Phi) is 4.17. The highest BCUT2D eigenvalue weighted by Crippen LogP contribution is 2.29. The van der Waals surface area contributed by atoms with Crippen LogP contribution in [0.4, 0.5) is 0 Å². The van der Waals surface area contributed by atoms with Gasteiger partial charge in [-0.15, -0.1) is 11.3 Å². The molecule has 0 aromatic carbocycles. The molecule has 5 heteroatoms. The number of carbonyl (C=O) groups excluding carboxylic acids is 1. The van der Waals surface area contributed by atoms with Crippen molar-refractivity contribution in [2.75, 3.05) is 0 Å². The summed E-state index contributed by atoms with van der Waals surface area (Å²) in [5, 5.41) is 4.17. The monoisotopic (exact) mass is 351 g/mol. The second-order valence-corrected chi connectivity index (χ2v) is 7.21. The van der Waals surface area contributed by atoms with Crippen molar-refractivity contribution in [3.8, 4) is 0 Å². The van der Waals surface area contributed by atoms with Gasteiger partial charge >= 0.3 is 0 Å². The third-order valence-corrected chi connectivity index (χ3v) is 5.53. The zero-order valence-electron chi connectivity index (χ0n) is 14.5. The van der Waals surface area contributed by atoms with Crippen LogP contribution in [-0.2, 0) is 13.1 Å². The standard InChI is InChI=1S/C20H21N3OS/c1-3-8-22-13-16(15-12-21-7-5-17(15)22)19(24)18-11-14-6-10-25-20(14)23(18)9-4-2/h5-7,10-13H,3-4,8-9H2,1-2H3. The van der Waals surface area contributed by atoms with Crippen LogP contribution in [0, 0.1) is 0 Å². The largest absolute Gasteiger partial charge is 0.347 e. The molecule has 4 heterocycles. The maximum Gasteiger partial charge on any atom is 0.211 e. The van der Waals surface area contributed by atoms with Crippen molar-refractivity contribution in [3.63, 3.8) is 0 Å². The van der Waals surface area contributed by atoms with E-state index in [-0.39, 0.29) is 5.78 Å². The van der Waals surface area contributed by atoms with Crippen molar-refractivity contribution in [1.82, 2.24) is 14.1 Å². The number of aryl methyl sites for hydroxylation is 2. The number of hydrogen-bond donors (Lipinski definition) is 0. The molecular weight excluding hydrogens is 330 g/mol. The van der Waals surface area contributed by atoms with Gasteiger partial charge in [0.25, 0.3) is 0 Å². The van der Waals surface area contributed by atoms with Gasteiger partial charge in [0.2, 0.25) is 5.78 Å². The predicted octanol–water partition coefficient (Wildman–Crippen LogP) is 5.10. The molecule has 0 radical (unpaired) electrons. The summed E-state index contributed by atoms with van der Waals surface area (Å²) in [5.74, 6) is 0.0877. The molecule has 25 heavy (non-hydrogen) atoms. The van der Waals surface area contributed by atoms with E-state index < -0.39 is 0 Å². The summed E-state index contributed by atoms with van der Waals surface area (Å²) in [6.45, 7) is 6.05. The molecule has 0 spiro atoms. The van der Waals surface area contributed by atoms with E-state index in [0.29, 0.717) is 0 Å². The van der Waals surface area contributed by atoms with Crippen LogP contribution in [0.2, 0.25) is 0 Å². The minimum Gasteiger partial charge on any atom is -0.347 e. The van der Waals surface area contributed by atoms with E-state index in [1.807, 2.05) is 24.5 Å². The lowest BCUT2D eigenvalue weighted by atomic mass is 10.1. The first kappa shape index (κ1) is 16.1. The van der Waals surface area contributed by atoms with Crippen LogP contribution >= 0.6 is 11.3 Å². The van der Waals surface area contributed by atoms with E-state index in [4.69, 9.17) is 0 Å². The van der Waals surface area contributed by atoms with Gasteiger partial charge < -0.3 is 9.13 Å². The average Bonchev–Trinajstić information content (AvgIpc) is 3.30. The number of hydrogen-bond acceptors (Lipinski definition) is 3. The smallest absolute Gasteiger partial charge is 0.211 e. The molecule has 4 aromatic heterocycles. The molecule has 0 bridgehead atoms. The molecular formula is C20H21N3OS. The minimum atomic E-state index is 0.0877. The van der Waals surface area contributed by atoms with Gasteiger partial charge in [-0.3, -0.25) is 9.78 Å². The highest BCUT2D eigenvalue weighted by atomic mass is 32.1. The Morgan fingerprint density at radius 1 is 1.20 bits per heavy atom. The summed E-state index contributed by atoms with van der Waals surface area (Å²) in [7, 11) is 0. The zero-order valence-corrected chi connectivity index (χ0v) is 15.3. The number of pyridine rings is 1. The fraction of sp³-hybridized carbons (Fsp3) is 0.300. The van der Waals surface area contributed by atoms with Gasteiger partial charge in [-0.1, -0.05) is 13.8 Å². The van der Waals surface area contributed by atoms with E-state index >= 15 is 0 Å². The normalized spacial score (nSPS) is 11.6. The van der Waals surface area contributed by atoms with Gasteiger partial charge in [-0.2, -0.15) is 0 Å². The maximum absolute atomic E-state index is 13.4. The molecule has 128 valence electrons. The first-order valence-electron chi connectivity index (χ1n) is 8.78. The van der Waals surface area contributed by atoms with E-state index in [9.17, 15) is 4.79 Å². The number of carbonyl (C=O) groups is 1. The maximum atomic E-state index is 13.4. The lowest BCUT2D eigenvalue weighted by Gasteiger charge is -2.07. The van der Waals surface area contributed by atoms with Crippen LogP contribution in [0.25, 0.3) is 21.1 Å². The summed E-state index contributed by atoms with van der Waals surface area (Å²) in [4.78, 5) is 18.8. The van der Waals surface area contributed by atoms with Crippen LogP contribution in [0.1, 0.15) is 42.7 Å². The summed E-state index contributed by atoms with van der Waals surface area (Å²) >= 11 is 1.70. The molecule has 4 rings (SSSR count). The molecule has 0 amide bonds. The third kappa shape index (κ3) is 2.59. The molecule has 0 fully saturated rings. The second kappa shape index (κ2) is 6.48. The number of thiophene rings is 1.